The minimum Gasteiger partial charge on any atom is -0.384 e. The van der Waals surface area contributed by atoms with E-state index < -0.39 is 0 Å². The van der Waals surface area contributed by atoms with E-state index in [1.807, 2.05) is 29.7 Å². The van der Waals surface area contributed by atoms with Gasteiger partial charge in [0.2, 0.25) is 5.28 Å². The molecule has 3 rings (SSSR count). The molecule has 3 heterocycles. The van der Waals surface area contributed by atoms with Crippen LogP contribution in [0.4, 0.5) is 5.82 Å². The molecule has 90 valence electrons. The van der Waals surface area contributed by atoms with Gasteiger partial charge in [0.15, 0.2) is 5.65 Å². The van der Waals surface area contributed by atoms with E-state index in [9.17, 15) is 0 Å². The number of aromatic nitrogens is 4. The van der Waals surface area contributed by atoms with Gasteiger partial charge in [0.1, 0.15) is 11.6 Å². The summed E-state index contributed by atoms with van der Waals surface area (Å²) in [4.78, 5) is 12.5. The Hall–Kier alpha value is -2.14. The third-order valence-electron chi connectivity index (χ3n) is 2.68. The molecule has 2 N–H and O–H groups in total. The molecule has 0 saturated carbocycles. The Morgan fingerprint density at radius 3 is 2.89 bits per heavy atom. The minimum absolute atomic E-state index is 0.214. The Kier molecular flexibility index (Phi) is 2.41. The zero-order chi connectivity index (χ0) is 12.7. The molecule has 0 radical (unpaired) electrons. The van der Waals surface area contributed by atoms with E-state index >= 15 is 0 Å². The number of rotatable bonds is 1. The highest BCUT2D eigenvalue weighted by molar-refractivity contribution is 6.28. The molecule has 0 aromatic carbocycles. The molecule has 0 bridgehead atoms. The van der Waals surface area contributed by atoms with Crippen molar-refractivity contribution in [3.8, 4) is 5.82 Å². The maximum Gasteiger partial charge on any atom is 0.224 e. The second kappa shape index (κ2) is 3.96. The predicted molar refractivity (Wildman–Crippen MR) is 70.8 cm³/mol. The summed E-state index contributed by atoms with van der Waals surface area (Å²) in [6.45, 7) is 1.97. The molecule has 0 unspecified atom stereocenters. The second-order valence-corrected chi connectivity index (χ2v) is 4.30. The smallest absolute Gasteiger partial charge is 0.224 e. The number of nitrogens with two attached hydrogens (primary N) is 1. The lowest BCUT2D eigenvalue weighted by molar-refractivity contribution is 0.975. The number of nitrogens with zero attached hydrogens (tertiary/aromatic N) is 4. The van der Waals surface area contributed by atoms with Crippen LogP contribution < -0.4 is 5.73 Å². The van der Waals surface area contributed by atoms with Gasteiger partial charge in [-0.05, 0) is 36.7 Å². The Morgan fingerprint density at radius 2 is 2.11 bits per heavy atom. The van der Waals surface area contributed by atoms with E-state index in [1.165, 1.54) is 0 Å². The van der Waals surface area contributed by atoms with Crippen molar-refractivity contribution in [1.29, 1.82) is 0 Å². The van der Waals surface area contributed by atoms with Gasteiger partial charge in [-0.3, -0.25) is 4.57 Å². The molecule has 18 heavy (non-hydrogen) atoms. The van der Waals surface area contributed by atoms with Crippen LogP contribution in [-0.2, 0) is 0 Å². The highest BCUT2D eigenvalue weighted by Crippen LogP contribution is 2.22. The van der Waals surface area contributed by atoms with E-state index in [0.717, 1.165) is 22.5 Å². The third kappa shape index (κ3) is 1.69. The number of fused-ring (bicyclic) bond motifs is 1. The summed E-state index contributed by atoms with van der Waals surface area (Å²) in [7, 11) is 0. The molecule has 0 aliphatic carbocycles. The van der Waals surface area contributed by atoms with Gasteiger partial charge in [0.05, 0.1) is 0 Å². The van der Waals surface area contributed by atoms with Crippen LogP contribution in [0.1, 0.15) is 5.69 Å². The lowest BCUT2D eigenvalue weighted by atomic mass is 10.4. The number of pyridine rings is 1. The molecule has 0 amide bonds. The van der Waals surface area contributed by atoms with Gasteiger partial charge < -0.3 is 5.73 Å². The molecule has 0 spiro atoms. The highest BCUT2D eigenvalue weighted by Gasteiger charge is 2.11. The molecule has 3 aromatic heterocycles. The van der Waals surface area contributed by atoms with Gasteiger partial charge in [-0.2, -0.15) is 4.98 Å². The van der Waals surface area contributed by atoms with Crippen LogP contribution in [-0.4, -0.2) is 19.5 Å². The van der Waals surface area contributed by atoms with Crippen LogP contribution in [0.15, 0.2) is 30.5 Å². The Morgan fingerprint density at radius 1 is 1.28 bits per heavy atom. The summed E-state index contributed by atoms with van der Waals surface area (Å²) >= 11 is 5.84. The van der Waals surface area contributed by atoms with Crippen LogP contribution >= 0.6 is 11.6 Å². The quantitative estimate of drug-likeness (QED) is 0.681. The van der Waals surface area contributed by atoms with Crippen LogP contribution in [0.25, 0.3) is 16.9 Å². The summed E-state index contributed by atoms with van der Waals surface area (Å²) in [6.07, 6.45) is 1.69. The summed E-state index contributed by atoms with van der Waals surface area (Å²) < 4.78 is 1.90. The van der Waals surface area contributed by atoms with E-state index in [-0.39, 0.29) is 5.28 Å². The zero-order valence-corrected chi connectivity index (χ0v) is 10.4. The Labute approximate surface area is 108 Å². The van der Waals surface area contributed by atoms with Crippen molar-refractivity contribution in [2.24, 2.45) is 0 Å². The zero-order valence-electron chi connectivity index (χ0n) is 9.63. The van der Waals surface area contributed by atoms with Gasteiger partial charge in [-0.15, -0.1) is 0 Å². The van der Waals surface area contributed by atoms with E-state index in [1.54, 1.807) is 12.3 Å². The second-order valence-electron chi connectivity index (χ2n) is 3.96. The summed E-state index contributed by atoms with van der Waals surface area (Å²) in [5.74, 6) is 1.19. The molecule has 0 saturated heterocycles. The van der Waals surface area contributed by atoms with Crippen molar-refractivity contribution in [3.63, 3.8) is 0 Å². The first-order chi connectivity index (χ1) is 8.65. The highest BCUT2D eigenvalue weighted by atomic mass is 35.5. The number of nitrogen functional groups attached to an aromatic ring is 1. The fourth-order valence-electron chi connectivity index (χ4n) is 1.95. The van der Waals surface area contributed by atoms with Crippen molar-refractivity contribution >= 4 is 28.5 Å². The maximum absolute atomic E-state index is 5.84. The van der Waals surface area contributed by atoms with Crippen LogP contribution in [0.3, 0.4) is 0 Å². The maximum atomic E-state index is 5.84. The van der Waals surface area contributed by atoms with E-state index in [4.69, 9.17) is 17.3 Å². The molecule has 6 heteroatoms. The topological polar surface area (TPSA) is 69.6 Å². The van der Waals surface area contributed by atoms with Gasteiger partial charge in [0, 0.05) is 17.3 Å². The molecule has 0 aliphatic heterocycles. The lowest BCUT2D eigenvalue weighted by Gasteiger charge is -2.06. The van der Waals surface area contributed by atoms with Gasteiger partial charge in [0.25, 0.3) is 0 Å². The van der Waals surface area contributed by atoms with E-state index in [2.05, 4.69) is 15.0 Å². The van der Waals surface area contributed by atoms with Crippen molar-refractivity contribution < 1.29 is 0 Å². The summed E-state index contributed by atoms with van der Waals surface area (Å²) in [5, 5.41) is 1.13. The third-order valence-corrected chi connectivity index (χ3v) is 2.86. The van der Waals surface area contributed by atoms with Crippen LogP contribution in [0.2, 0.25) is 5.28 Å². The molecule has 5 nitrogen and oxygen atoms in total. The monoisotopic (exact) mass is 259 g/mol. The summed E-state index contributed by atoms with van der Waals surface area (Å²) in [6, 6.07) is 7.45. The standard InChI is InChI=1S/C12H10ClN5/c1-7-5-8-6-15-12(13)17-11(8)18(7)10-4-2-3-9(14)16-10/h2-6H,1H3,(H2,14,16). The lowest BCUT2D eigenvalue weighted by Crippen LogP contribution is -2.02. The van der Waals surface area contributed by atoms with Crippen molar-refractivity contribution in [3.05, 3.63) is 41.4 Å². The molecular weight excluding hydrogens is 250 g/mol. The number of halogens is 1. The van der Waals surface area contributed by atoms with Gasteiger partial charge >= 0.3 is 0 Å². The molecular formula is C12H10ClN5. The fourth-order valence-corrected chi connectivity index (χ4v) is 2.08. The normalized spacial score (nSPS) is 11.0. The molecule has 3 aromatic rings. The van der Waals surface area contributed by atoms with Gasteiger partial charge in [-0.25, -0.2) is 9.97 Å². The molecule has 0 atom stereocenters. The first-order valence-corrected chi connectivity index (χ1v) is 5.76. The van der Waals surface area contributed by atoms with E-state index in [0.29, 0.717) is 5.82 Å². The van der Waals surface area contributed by atoms with Gasteiger partial charge in [-0.1, -0.05) is 6.07 Å². The SMILES string of the molecule is Cc1cc2cnc(Cl)nc2n1-c1cccc(N)n1. The van der Waals surface area contributed by atoms with Crippen LogP contribution in [0, 0.1) is 6.92 Å². The summed E-state index contributed by atoms with van der Waals surface area (Å²) in [5.41, 5.74) is 7.43. The average molecular weight is 260 g/mol. The fraction of sp³-hybridized carbons (Fsp3) is 0.0833. The first-order valence-electron chi connectivity index (χ1n) is 5.38. The number of hydrogen-bond donors (Lipinski definition) is 1. The largest absolute Gasteiger partial charge is 0.384 e. The van der Waals surface area contributed by atoms with Crippen molar-refractivity contribution in [1.82, 2.24) is 19.5 Å². The average Bonchev–Trinajstić information content (AvgIpc) is 2.64. The minimum atomic E-state index is 0.214. The number of hydrogen-bond acceptors (Lipinski definition) is 4. The first kappa shape index (κ1) is 11.0. The van der Waals surface area contributed by atoms with Crippen molar-refractivity contribution in [2.75, 3.05) is 5.73 Å². The number of anilines is 1. The molecule has 0 fully saturated rings. The Bertz CT molecular complexity index is 734. The predicted octanol–water partition coefficient (Wildman–Crippen LogP) is 2.36. The Balaban J connectivity index is 2.34. The van der Waals surface area contributed by atoms with Crippen LogP contribution in [0.5, 0.6) is 0 Å². The van der Waals surface area contributed by atoms with Crippen molar-refractivity contribution in [2.45, 2.75) is 6.92 Å². The number of aryl methyl sites for hydroxylation is 1. The molecule has 0 aliphatic rings.